The van der Waals surface area contributed by atoms with Gasteiger partial charge in [0.1, 0.15) is 0 Å². The van der Waals surface area contributed by atoms with Crippen LogP contribution in [-0.2, 0) is 16.1 Å². The zero-order valence-corrected chi connectivity index (χ0v) is 10.6. The predicted molar refractivity (Wildman–Crippen MR) is 61.5 cm³/mol. The summed E-state index contributed by atoms with van der Waals surface area (Å²) in [5.74, 6) is -3.55. The first-order chi connectivity index (χ1) is 7.63. The zero-order valence-electron chi connectivity index (χ0n) is 8.25. The average molecular weight is 305 g/mol. The van der Waals surface area contributed by atoms with E-state index in [1.54, 1.807) is 0 Å². The molecule has 0 aliphatic carbocycles. The van der Waals surface area contributed by atoms with Crippen molar-refractivity contribution in [3.63, 3.8) is 0 Å². The maximum atomic E-state index is 13.7. The molecule has 4 nitrogen and oxygen atoms in total. The first-order valence-electron chi connectivity index (χ1n) is 4.23. The molecule has 1 rings (SSSR count). The van der Waals surface area contributed by atoms with Crippen LogP contribution < -0.4 is 9.86 Å². The van der Waals surface area contributed by atoms with Gasteiger partial charge < -0.3 is 0 Å². The van der Waals surface area contributed by atoms with Gasteiger partial charge in [0.15, 0.2) is 0 Å². The van der Waals surface area contributed by atoms with Crippen LogP contribution in [-0.4, -0.2) is 15.0 Å². The predicted octanol–water partition coefficient (Wildman–Crippen LogP) is 1.88. The summed E-state index contributed by atoms with van der Waals surface area (Å²) in [4.78, 5) is 0. The van der Waals surface area contributed by atoms with Crippen LogP contribution in [0, 0.1) is 0 Å². The average Bonchev–Trinajstić information content (AvgIpc) is 2.13. The minimum atomic E-state index is -4.21. The summed E-state index contributed by atoms with van der Waals surface area (Å²) in [5.41, 5.74) is -0.639. The highest BCUT2D eigenvalue weighted by Gasteiger charge is 2.36. The smallest absolute Gasteiger partial charge is 0.216 e. The molecule has 17 heavy (non-hydrogen) atoms. The fourth-order valence-electron chi connectivity index (χ4n) is 1.13. The molecule has 0 heterocycles. The molecule has 0 saturated carbocycles. The Morgan fingerprint density at radius 1 is 1.29 bits per heavy atom. The maximum Gasteiger partial charge on any atom is 0.289 e. The first kappa shape index (κ1) is 14.6. The quantitative estimate of drug-likeness (QED) is 0.891. The largest absolute Gasteiger partial charge is 0.289 e. The molecule has 0 fully saturated rings. The van der Waals surface area contributed by atoms with Gasteiger partial charge in [-0.2, -0.15) is 21.9 Å². The van der Waals surface area contributed by atoms with E-state index in [9.17, 15) is 17.2 Å². The van der Waals surface area contributed by atoms with E-state index in [1.807, 2.05) is 0 Å². The van der Waals surface area contributed by atoms with Gasteiger partial charge in [0.25, 0.3) is 16.1 Å². The van der Waals surface area contributed by atoms with Crippen molar-refractivity contribution in [2.45, 2.75) is 5.92 Å². The van der Waals surface area contributed by atoms with E-state index in [1.165, 1.54) is 22.9 Å². The summed E-state index contributed by atoms with van der Waals surface area (Å²) in [7, 11) is -4.21. The van der Waals surface area contributed by atoms with Crippen molar-refractivity contribution in [2.24, 2.45) is 5.14 Å². The number of nitrogens with one attached hydrogen (secondary N) is 1. The second-order valence-corrected chi connectivity index (χ2v) is 5.36. The van der Waals surface area contributed by atoms with Crippen LogP contribution >= 0.6 is 23.2 Å². The van der Waals surface area contributed by atoms with Crippen molar-refractivity contribution < 1.29 is 17.2 Å². The second kappa shape index (κ2) is 5.03. The molecule has 0 amide bonds. The summed E-state index contributed by atoms with van der Waals surface area (Å²) in [6.07, 6.45) is 0. The highest BCUT2D eigenvalue weighted by Crippen LogP contribution is 2.37. The lowest BCUT2D eigenvalue weighted by molar-refractivity contribution is 0.00232. The SMILES string of the molecule is NS(=O)(=O)NCC(F)(F)c1c(Cl)cccc1Cl. The van der Waals surface area contributed by atoms with Gasteiger partial charge in [-0.15, -0.1) is 0 Å². The van der Waals surface area contributed by atoms with Crippen molar-refractivity contribution in [2.75, 3.05) is 6.54 Å². The van der Waals surface area contributed by atoms with Crippen molar-refractivity contribution in [3.8, 4) is 0 Å². The molecule has 1 aromatic carbocycles. The van der Waals surface area contributed by atoms with E-state index in [-0.39, 0.29) is 10.0 Å². The second-order valence-electron chi connectivity index (χ2n) is 3.17. The van der Waals surface area contributed by atoms with Gasteiger partial charge in [-0.25, -0.2) is 5.14 Å². The van der Waals surface area contributed by atoms with E-state index in [4.69, 9.17) is 23.2 Å². The summed E-state index contributed by atoms with van der Waals surface area (Å²) >= 11 is 11.2. The minimum absolute atomic E-state index is 0.251. The van der Waals surface area contributed by atoms with Crippen molar-refractivity contribution in [1.82, 2.24) is 4.72 Å². The summed E-state index contributed by atoms with van der Waals surface area (Å²) in [6.45, 7) is -1.21. The lowest BCUT2D eigenvalue weighted by Gasteiger charge is -2.19. The number of alkyl halides is 2. The molecular weight excluding hydrogens is 297 g/mol. The van der Waals surface area contributed by atoms with Gasteiger partial charge >= 0.3 is 0 Å². The van der Waals surface area contributed by atoms with Crippen LogP contribution in [0.25, 0.3) is 0 Å². The molecule has 0 unspecified atom stereocenters. The van der Waals surface area contributed by atoms with E-state index in [0.717, 1.165) is 0 Å². The molecule has 0 atom stereocenters. The molecule has 0 aliphatic heterocycles. The number of rotatable bonds is 4. The number of benzene rings is 1. The van der Waals surface area contributed by atoms with Crippen molar-refractivity contribution >= 4 is 33.4 Å². The van der Waals surface area contributed by atoms with E-state index in [0.29, 0.717) is 0 Å². The third-order valence-electron chi connectivity index (χ3n) is 1.82. The molecule has 0 bridgehead atoms. The third-order valence-corrected chi connectivity index (χ3v) is 3.00. The Morgan fingerprint density at radius 3 is 2.18 bits per heavy atom. The number of hydrogen-bond acceptors (Lipinski definition) is 2. The van der Waals surface area contributed by atoms with E-state index in [2.05, 4.69) is 5.14 Å². The van der Waals surface area contributed by atoms with Crippen molar-refractivity contribution in [1.29, 1.82) is 0 Å². The van der Waals surface area contributed by atoms with Crippen LogP contribution in [0.3, 0.4) is 0 Å². The standard InChI is InChI=1S/C8H8Cl2F2N2O2S/c9-5-2-1-3-6(10)7(5)8(11,12)4-14-17(13,15)16/h1-3,14H,4H2,(H2,13,15,16). The van der Waals surface area contributed by atoms with Gasteiger partial charge in [-0.05, 0) is 12.1 Å². The van der Waals surface area contributed by atoms with Gasteiger partial charge in [0, 0.05) is 0 Å². The molecule has 0 spiro atoms. The van der Waals surface area contributed by atoms with Gasteiger partial charge in [-0.3, -0.25) is 0 Å². The van der Waals surface area contributed by atoms with Crippen LogP contribution in [0.5, 0.6) is 0 Å². The Morgan fingerprint density at radius 2 is 1.76 bits per heavy atom. The van der Waals surface area contributed by atoms with Crippen LogP contribution in [0.4, 0.5) is 8.78 Å². The fraction of sp³-hybridized carbons (Fsp3) is 0.250. The molecular formula is C8H8Cl2F2N2O2S. The molecule has 0 aromatic heterocycles. The van der Waals surface area contributed by atoms with Crippen LogP contribution in [0.2, 0.25) is 10.0 Å². The van der Waals surface area contributed by atoms with Crippen molar-refractivity contribution in [3.05, 3.63) is 33.8 Å². The van der Waals surface area contributed by atoms with Crippen LogP contribution in [0.1, 0.15) is 5.56 Å². The Labute approximate surface area is 107 Å². The lowest BCUT2D eigenvalue weighted by Crippen LogP contribution is -2.39. The number of nitrogens with two attached hydrogens (primary N) is 1. The topological polar surface area (TPSA) is 72.2 Å². The van der Waals surface area contributed by atoms with Gasteiger partial charge in [0.2, 0.25) is 0 Å². The fourth-order valence-corrected chi connectivity index (χ4v) is 2.18. The molecule has 0 radical (unpaired) electrons. The minimum Gasteiger partial charge on any atom is -0.216 e. The normalized spacial score (nSPS) is 12.8. The summed E-state index contributed by atoms with van der Waals surface area (Å²) in [6, 6.07) is 3.86. The summed E-state index contributed by atoms with van der Waals surface area (Å²) < 4.78 is 49.9. The van der Waals surface area contributed by atoms with Gasteiger partial charge in [-0.1, -0.05) is 29.3 Å². The molecule has 3 N–H and O–H groups in total. The monoisotopic (exact) mass is 304 g/mol. The first-order valence-corrected chi connectivity index (χ1v) is 6.53. The lowest BCUT2D eigenvalue weighted by atomic mass is 10.1. The Hall–Kier alpha value is -0.470. The number of hydrogen-bond donors (Lipinski definition) is 2. The van der Waals surface area contributed by atoms with E-state index < -0.39 is 28.2 Å². The Balaban J connectivity index is 3.05. The molecule has 1 aromatic rings. The van der Waals surface area contributed by atoms with E-state index >= 15 is 0 Å². The zero-order chi connectivity index (χ0) is 13.3. The van der Waals surface area contributed by atoms with Gasteiger partial charge in [0.05, 0.1) is 22.2 Å². The third kappa shape index (κ3) is 4.04. The highest BCUT2D eigenvalue weighted by atomic mass is 35.5. The van der Waals surface area contributed by atoms with Crippen LogP contribution in [0.15, 0.2) is 18.2 Å². The Kier molecular flexibility index (Phi) is 4.32. The number of halogens is 4. The summed E-state index contributed by atoms with van der Waals surface area (Å²) in [5, 5.41) is 4.06. The highest BCUT2D eigenvalue weighted by molar-refractivity contribution is 7.87. The molecule has 0 aliphatic rings. The molecule has 0 saturated heterocycles. The molecule has 9 heteroatoms. The maximum absolute atomic E-state index is 13.7. The molecule has 96 valence electrons. The Bertz CT molecular complexity index is 502.